The smallest absolute Gasteiger partial charge is 0.185 e. The third kappa shape index (κ3) is 3.39. The number of rotatable bonds is 4. The Morgan fingerprint density at radius 3 is 2.44 bits per heavy atom. The quantitative estimate of drug-likeness (QED) is 0.459. The van der Waals surface area contributed by atoms with Gasteiger partial charge in [0.2, 0.25) is 0 Å². The van der Waals surface area contributed by atoms with Gasteiger partial charge in [0.15, 0.2) is 17.2 Å². The van der Waals surface area contributed by atoms with E-state index < -0.39 is 0 Å². The predicted molar refractivity (Wildman–Crippen MR) is 108 cm³/mol. The van der Waals surface area contributed by atoms with Gasteiger partial charge in [-0.05, 0) is 42.5 Å². The second-order valence-electron chi connectivity index (χ2n) is 5.70. The van der Waals surface area contributed by atoms with Gasteiger partial charge in [0.25, 0.3) is 0 Å². The topological polar surface area (TPSA) is 90.2 Å². The van der Waals surface area contributed by atoms with Gasteiger partial charge in [0.05, 0.1) is 18.5 Å². The molecule has 0 unspecified atom stereocenters. The van der Waals surface area contributed by atoms with E-state index in [2.05, 4.69) is 36.2 Å². The van der Waals surface area contributed by atoms with Gasteiger partial charge in [-0.1, -0.05) is 28.1 Å². The lowest BCUT2D eigenvalue weighted by atomic mass is 10.1. The zero-order valence-electron chi connectivity index (χ0n) is 14.4. The molecule has 7 nitrogen and oxygen atoms in total. The lowest BCUT2D eigenvalue weighted by Crippen LogP contribution is -1.96. The number of ether oxygens (including phenoxy) is 1. The number of nitrogens with zero attached hydrogens (tertiary/aromatic N) is 5. The Labute approximate surface area is 163 Å². The van der Waals surface area contributed by atoms with Crippen LogP contribution in [0.1, 0.15) is 0 Å². The van der Waals surface area contributed by atoms with Crippen LogP contribution in [0.2, 0.25) is 0 Å². The van der Waals surface area contributed by atoms with Crippen LogP contribution in [0, 0.1) is 0 Å². The average molecular weight is 423 g/mol. The summed E-state index contributed by atoms with van der Waals surface area (Å²) >= 11 is 3.45. The molecular formula is C19H15BrN6O. The first-order valence-corrected chi connectivity index (χ1v) is 8.90. The number of fused-ring (bicyclic) bond motifs is 1. The summed E-state index contributed by atoms with van der Waals surface area (Å²) in [7, 11) is 1.62. The highest BCUT2D eigenvalue weighted by atomic mass is 79.9. The number of aromatic nitrogens is 3. The number of methoxy groups -OCH3 is 1. The molecule has 2 aromatic carbocycles. The number of nitrogen functional groups attached to an aromatic ring is 1. The Bertz CT molecular complexity index is 1120. The van der Waals surface area contributed by atoms with Gasteiger partial charge in [-0.2, -0.15) is 5.11 Å². The first-order valence-electron chi connectivity index (χ1n) is 8.10. The summed E-state index contributed by atoms with van der Waals surface area (Å²) in [5, 5.41) is 12.9. The Morgan fingerprint density at radius 1 is 1.00 bits per heavy atom. The Kier molecular flexibility index (Phi) is 4.55. The second-order valence-corrected chi connectivity index (χ2v) is 6.62. The zero-order chi connectivity index (χ0) is 18.8. The minimum absolute atomic E-state index is 0.268. The van der Waals surface area contributed by atoms with E-state index in [1.165, 1.54) is 0 Å². The summed E-state index contributed by atoms with van der Waals surface area (Å²) in [5.41, 5.74) is 9.60. The van der Waals surface area contributed by atoms with E-state index in [4.69, 9.17) is 10.5 Å². The van der Waals surface area contributed by atoms with E-state index in [0.717, 1.165) is 21.5 Å². The van der Waals surface area contributed by atoms with Crippen LogP contribution in [0.25, 0.3) is 16.9 Å². The van der Waals surface area contributed by atoms with Crippen LogP contribution in [0.5, 0.6) is 5.75 Å². The van der Waals surface area contributed by atoms with Gasteiger partial charge >= 0.3 is 0 Å². The molecule has 0 fully saturated rings. The number of hydrogen-bond donors (Lipinski definition) is 1. The molecule has 8 heteroatoms. The summed E-state index contributed by atoms with van der Waals surface area (Å²) in [6, 6.07) is 17.1. The minimum Gasteiger partial charge on any atom is -0.497 e. The molecule has 0 radical (unpaired) electrons. The first-order chi connectivity index (χ1) is 13.2. The van der Waals surface area contributed by atoms with Crippen molar-refractivity contribution in [1.29, 1.82) is 0 Å². The highest BCUT2D eigenvalue weighted by Crippen LogP contribution is 2.31. The van der Waals surface area contributed by atoms with Gasteiger partial charge < -0.3 is 10.5 Å². The third-order valence-electron chi connectivity index (χ3n) is 4.00. The predicted octanol–water partition coefficient (Wildman–Crippen LogP) is 5.17. The Balaban J connectivity index is 1.75. The van der Waals surface area contributed by atoms with Crippen molar-refractivity contribution in [1.82, 2.24) is 14.6 Å². The molecule has 0 bridgehead atoms. The van der Waals surface area contributed by atoms with E-state index >= 15 is 0 Å². The van der Waals surface area contributed by atoms with Crippen molar-refractivity contribution >= 4 is 38.8 Å². The number of azo groups is 1. The molecular weight excluding hydrogens is 408 g/mol. The van der Waals surface area contributed by atoms with Crippen LogP contribution >= 0.6 is 15.9 Å². The maximum Gasteiger partial charge on any atom is 0.185 e. The highest BCUT2D eigenvalue weighted by molar-refractivity contribution is 9.10. The van der Waals surface area contributed by atoms with E-state index in [0.29, 0.717) is 17.0 Å². The molecule has 0 aliphatic carbocycles. The largest absolute Gasteiger partial charge is 0.497 e. The minimum atomic E-state index is 0.268. The van der Waals surface area contributed by atoms with Crippen LogP contribution in [0.3, 0.4) is 0 Å². The fourth-order valence-corrected chi connectivity index (χ4v) is 2.91. The number of hydrogen-bond acceptors (Lipinski definition) is 6. The molecule has 0 aliphatic rings. The molecule has 0 saturated carbocycles. The summed E-state index contributed by atoms with van der Waals surface area (Å²) in [5.74, 6) is 1.02. The molecule has 2 aromatic heterocycles. The molecule has 2 N–H and O–H groups in total. The van der Waals surface area contributed by atoms with E-state index in [9.17, 15) is 0 Å². The summed E-state index contributed by atoms with van der Waals surface area (Å²) < 4.78 is 7.83. The Hall–Kier alpha value is -3.26. The fraction of sp³-hybridized carbons (Fsp3) is 0.0526. The van der Waals surface area contributed by atoms with Crippen molar-refractivity contribution in [3.8, 4) is 17.0 Å². The number of nitrogens with two attached hydrogens (primary N) is 1. The lowest BCUT2D eigenvalue weighted by Gasteiger charge is -2.04. The summed E-state index contributed by atoms with van der Waals surface area (Å²) in [6.45, 7) is 0. The van der Waals surface area contributed by atoms with Crippen LogP contribution in [-0.2, 0) is 0 Å². The Morgan fingerprint density at radius 2 is 1.74 bits per heavy atom. The van der Waals surface area contributed by atoms with Gasteiger partial charge in [-0.25, -0.2) is 9.50 Å². The van der Waals surface area contributed by atoms with Crippen molar-refractivity contribution in [2.24, 2.45) is 10.2 Å². The maximum absolute atomic E-state index is 6.08. The van der Waals surface area contributed by atoms with Gasteiger partial charge in [0.1, 0.15) is 5.75 Å². The molecule has 0 aliphatic heterocycles. The molecule has 0 saturated heterocycles. The van der Waals surface area contributed by atoms with E-state index in [1.807, 2.05) is 54.6 Å². The second kappa shape index (κ2) is 7.16. The van der Waals surface area contributed by atoms with Crippen molar-refractivity contribution in [3.05, 3.63) is 65.3 Å². The third-order valence-corrected chi connectivity index (χ3v) is 4.53. The highest BCUT2D eigenvalue weighted by Gasteiger charge is 2.14. The average Bonchev–Trinajstić information content (AvgIpc) is 3.02. The van der Waals surface area contributed by atoms with Gasteiger partial charge in [0, 0.05) is 16.2 Å². The molecule has 0 atom stereocenters. The normalized spacial score (nSPS) is 11.3. The van der Waals surface area contributed by atoms with Crippen LogP contribution in [0.4, 0.5) is 17.2 Å². The molecule has 27 heavy (non-hydrogen) atoms. The SMILES string of the molecule is COc1ccc(N=Nc2c(N)nn3c(-c4ccc(Br)cc4)ccnc23)cc1. The lowest BCUT2D eigenvalue weighted by molar-refractivity contribution is 0.415. The first kappa shape index (κ1) is 17.2. The van der Waals surface area contributed by atoms with Gasteiger partial charge in [-0.3, -0.25) is 0 Å². The van der Waals surface area contributed by atoms with Crippen LogP contribution in [0.15, 0.2) is 75.5 Å². The monoisotopic (exact) mass is 422 g/mol. The summed E-state index contributed by atoms with van der Waals surface area (Å²) in [6.07, 6.45) is 1.71. The van der Waals surface area contributed by atoms with Crippen LogP contribution in [-0.4, -0.2) is 21.7 Å². The molecule has 4 rings (SSSR count). The van der Waals surface area contributed by atoms with E-state index in [1.54, 1.807) is 17.8 Å². The molecule has 0 spiro atoms. The molecule has 0 amide bonds. The van der Waals surface area contributed by atoms with Crippen molar-refractivity contribution in [2.75, 3.05) is 12.8 Å². The molecule has 134 valence electrons. The maximum atomic E-state index is 6.08. The fourth-order valence-electron chi connectivity index (χ4n) is 2.64. The number of halogens is 1. The van der Waals surface area contributed by atoms with Crippen LogP contribution < -0.4 is 10.5 Å². The standard InChI is InChI=1S/C19H15BrN6O/c1-27-15-8-6-14(7-9-15)23-24-17-18(21)25-26-16(10-11-22-19(17)26)12-2-4-13(20)5-3-12/h2-11H,1H3,(H2,21,25). The van der Waals surface area contributed by atoms with Crippen molar-refractivity contribution in [2.45, 2.75) is 0 Å². The van der Waals surface area contributed by atoms with Crippen molar-refractivity contribution in [3.63, 3.8) is 0 Å². The summed E-state index contributed by atoms with van der Waals surface area (Å²) in [4.78, 5) is 4.38. The number of anilines is 1. The van der Waals surface area contributed by atoms with Crippen molar-refractivity contribution < 1.29 is 4.74 Å². The van der Waals surface area contributed by atoms with Gasteiger partial charge in [-0.15, -0.1) is 10.2 Å². The molecule has 2 heterocycles. The zero-order valence-corrected chi connectivity index (χ0v) is 16.0. The van der Waals surface area contributed by atoms with E-state index in [-0.39, 0.29) is 5.82 Å². The molecule has 4 aromatic rings. The number of benzene rings is 2.